The molecule has 1 N–H and O–H groups in total. The molecule has 124 valence electrons. The summed E-state index contributed by atoms with van der Waals surface area (Å²) in [5, 5.41) is 9.88. The first-order valence-electron chi connectivity index (χ1n) is 7.20. The summed E-state index contributed by atoms with van der Waals surface area (Å²) in [5.74, 6) is -1.31. The summed E-state index contributed by atoms with van der Waals surface area (Å²) < 4.78 is 56.1. The van der Waals surface area contributed by atoms with Crippen molar-refractivity contribution in [1.29, 1.82) is 0 Å². The van der Waals surface area contributed by atoms with Crippen molar-refractivity contribution >= 4 is 0 Å². The van der Waals surface area contributed by atoms with Gasteiger partial charge in [0.1, 0.15) is 24.3 Å². The van der Waals surface area contributed by atoms with E-state index >= 15 is 0 Å². The zero-order valence-corrected chi connectivity index (χ0v) is 12.0. The van der Waals surface area contributed by atoms with Gasteiger partial charge in [-0.25, -0.2) is 4.39 Å². The molecule has 1 fully saturated rings. The average Bonchev–Trinajstić information content (AvgIpc) is 2.46. The van der Waals surface area contributed by atoms with E-state index in [1.807, 2.05) is 0 Å². The van der Waals surface area contributed by atoms with Gasteiger partial charge in [0.05, 0.1) is 5.92 Å². The van der Waals surface area contributed by atoms with Crippen molar-refractivity contribution in [2.24, 2.45) is 5.92 Å². The average molecular weight is 321 g/mol. The zero-order chi connectivity index (χ0) is 16.2. The first kappa shape index (κ1) is 17.0. The number of aliphatic hydroxyl groups is 1. The molecule has 0 radical (unpaired) electrons. The number of nitrogens with zero attached hydrogens (tertiary/aromatic N) is 1. The summed E-state index contributed by atoms with van der Waals surface area (Å²) in [6.07, 6.45) is -4.47. The highest BCUT2D eigenvalue weighted by Gasteiger charge is 2.41. The third kappa shape index (κ3) is 5.14. The number of benzene rings is 1. The third-order valence-corrected chi connectivity index (χ3v) is 3.69. The molecule has 0 saturated carbocycles. The molecule has 0 amide bonds. The van der Waals surface area contributed by atoms with Crippen LogP contribution in [-0.2, 0) is 0 Å². The van der Waals surface area contributed by atoms with Gasteiger partial charge >= 0.3 is 6.18 Å². The second kappa shape index (κ2) is 7.28. The molecule has 1 aliphatic heterocycles. The molecule has 2 rings (SSSR count). The van der Waals surface area contributed by atoms with Crippen molar-refractivity contribution in [2.75, 3.05) is 26.2 Å². The van der Waals surface area contributed by atoms with Gasteiger partial charge in [-0.1, -0.05) is 0 Å². The zero-order valence-electron chi connectivity index (χ0n) is 12.0. The fourth-order valence-corrected chi connectivity index (χ4v) is 2.56. The largest absolute Gasteiger partial charge is 0.491 e. The van der Waals surface area contributed by atoms with Crippen molar-refractivity contribution in [3.63, 3.8) is 0 Å². The normalized spacial score (nSPS) is 21.6. The second-order valence-electron chi connectivity index (χ2n) is 5.56. The molecular weight excluding hydrogens is 302 g/mol. The number of β-amino-alcohol motifs (C(OH)–C–C–N with tert-alkyl or cyclic N) is 1. The van der Waals surface area contributed by atoms with Crippen LogP contribution in [0.2, 0.25) is 0 Å². The van der Waals surface area contributed by atoms with Gasteiger partial charge in [0.15, 0.2) is 0 Å². The maximum atomic E-state index is 12.7. The number of hydrogen-bond donors (Lipinski definition) is 1. The van der Waals surface area contributed by atoms with Gasteiger partial charge in [0.2, 0.25) is 0 Å². The molecular formula is C15H19F4NO2. The van der Waals surface area contributed by atoms with E-state index in [9.17, 15) is 22.7 Å². The summed E-state index contributed by atoms with van der Waals surface area (Å²) >= 11 is 0. The summed E-state index contributed by atoms with van der Waals surface area (Å²) in [6.45, 7) is 0.546. The number of hydrogen-bond acceptors (Lipinski definition) is 3. The SMILES string of the molecule is OC(COc1ccc(F)cc1)CN1CCCC(C(F)(F)F)C1. The number of rotatable bonds is 5. The maximum Gasteiger partial charge on any atom is 0.393 e. The van der Waals surface area contributed by atoms with Crippen LogP contribution in [0.15, 0.2) is 24.3 Å². The molecule has 3 nitrogen and oxygen atoms in total. The Morgan fingerprint density at radius 2 is 1.95 bits per heavy atom. The Hall–Kier alpha value is -1.34. The van der Waals surface area contributed by atoms with Crippen LogP contribution in [-0.4, -0.2) is 48.5 Å². The lowest BCUT2D eigenvalue weighted by Crippen LogP contribution is -2.45. The molecule has 0 aromatic heterocycles. The highest BCUT2D eigenvalue weighted by Crippen LogP contribution is 2.33. The Morgan fingerprint density at radius 1 is 1.27 bits per heavy atom. The van der Waals surface area contributed by atoms with Gasteiger partial charge in [-0.15, -0.1) is 0 Å². The topological polar surface area (TPSA) is 32.7 Å². The molecule has 1 aliphatic rings. The Morgan fingerprint density at radius 3 is 2.59 bits per heavy atom. The van der Waals surface area contributed by atoms with Crippen molar-refractivity contribution in [1.82, 2.24) is 4.90 Å². The molecule has 1 aromatic carbocycles. The van der Waals surface area contributed by atoms with Crippen LogP contribution in [0.3, 0.4) is 0 Å². The quantitative estimate of drug-likeness (QED) is 0.847. The van der Waals surface area contributed by atoms with Crippen LogP contribution < -0.4 is 4.74 Å². The van der Waals surface area contributed by atoms with Gasteiger partial charge in [-0.2, -0.15) is 13.2 Å². The Kier molecular flexibility index (Phi) is 5.63. The molecule has 0 aliphatic carbocycles. The standard InChI is InChI=1S/C15H19F4NO2/c16-12-3-5-14(6-4-12)22-10-13(21)9-20-7-1-2-11(8-20)15(17,18)19/h3-6,11,13,21H,1-2,7-10H2. The van der Waals surface area contributed by atoms with Crippen LogP contribution in [0.5, 0.6) is 5.75 Å². The lowest BCUT2D eigenvalue weighted by molar-refractivity contribution is -0.187. The monoisotopic (exact) mass is 321 g/mol. The summed E-state index contributed by atoms with van der Waals surface area (Å²) in [6, 6.07) is 5.34. The molecule has 0 spiro atoms. The molecule has 1 saturated heterocycles. The lowest BCUT2D eigenvalue weighted by Gasteiger charge is -2.34. The van der Waals surface area contributed by atoms with Crippen LogP contribution in [0.1, 0.15) is 12.8 Å². The fourth-order valence-electron chi connectivity index (χ4n) is 2.56. The Labute approximate surface area is 126 Å². The van der Waals surface area contributed by atoms with Crippen LogP contribution in [0, 0.1) is 11.7 Å². The van der Waals surface area contributed by atoms with Crippen molar-refractivity contribution < 1.29 is 27.4 Å². The van der Waals surface area contributed by atoms with E-state index in [4.69, 9.17) is 4.74 Å². The lowest BCUT2D eigenvalue weighted by atomic mass is 9.97. The van der Waals surface area contributed by atoms with Crippen LogP contribution in [0.4, 0.5) is 17.6 Å². The number of halogens is 4. The minimum Gasteiger partial charge on any atom is -0.491 e. The second-order valence-corrected chi connectivity index (χ2v) is 5.56. The van der Waals surface area contributed by atoms with Gasteiger partial charge in [-0.05, 0) is 43.7 Å². The molecule has 1 heterocycles. The van der Waals surface area contributed by atoms with E-state index in [-0.39, 0.29) is 31.9 Å². The molecule has 2 atom stereocenters. The van der Waals surface area contributed by atoms with E-state index in [1.54, 1.807) is 4.90 Å². The first-order chi connectivity index (χ1) is 10.3. The molecule has 7 heteroatoms. The molecule has 1 aromatic rings. The van der Waals surface area contributed by atoms with Gasteiger partial charge in [0.25, 0.3) is 0 Å². The fraction of sp³-hybridized carbons (Fsp3) is 0.600. The van der Waals surface area contributed by atoms with E-state index in [0.29, 0.717) is 18.7 Å². The first-order valence-corrected chi connectivity index (χ1v) is 7.20. The van der Waals surface area contributed by atoms with Crippen molar-refractivity contribution in [3.8, 4) is 5.75 Å². The van der Waals surface area contributed by atoms with Gasteiger partial charge in [-0.3, -0.25) is 0 Å². The molecule has 22 heavy (non-hydrogen) atoms. The smallest absolute Gasteiger partial charge is 0.393 e. The van der Waals surface area contributed by atoms with Gasteiger partial charge in [0, 0.05) is 13.1 Å². The van der Waals surface area contributed by atoms with Crippen LogP contribution in [0.25, 0.3) is 0 Å². The summed E-state index contributed by atoms with van der Waals surface area (Å²) in [4.78, 5) is 1.61. The van der Waals surface area contributed by atoms with Gasteiger partial charge < -0.3 is 14.7 Å². The highest BCUT2D eigenvalue weighted by atomic mass is 19.4. The Balaban J connectivity index is 1.76. The van der Waals surface area contributed by atoms with E-state index in [2.05, 4.69) is 0 Å². The Bertz CT molecular complexity index is 464. The molecule has 0 bridgehead atoms. The van der Waals surface area contributed by atoms with E-state index in [0.717, 1.165) is 0 Å². The van der Waals surface area contributed by atoms with E-state index in [1.165, 1.54) is 24.3 Å². The van der Waals surface area contributed by atoms with Crippen LogP contribution >= 0.6 is 0 Å². The number of likely N-dealkylation sites (tertiary alicyclic amines) is 1. The highest BCUT2D eigenvalue weighted by molar-refractivity contribution is 5.22. The minimum atomic E-state index is -4.19. The predicted molar refractivity (Wildman–Crippen MR) is 73.1 cm³/mol. The van der Waals surface area contributed by atoms with Crippen molar-refractivity contribution in [3.05, 3.63) is 30.1 Å². The maximum absolute atomic E-state index is 12.7. The summed E-state index contributed by atoms with van der Waals surface area (Å²) in [7, 11) is 0. The predicted octanol–water partition coefficient (Wildman–Crippen LogP) is 2.84. The number of piperidine rings is 1. The summed E-state index contributed by atoms with van der Waals surface area (Å²) in [5.41, 5.74) is 0. The minimum absolute atomic E-state index is 0.0428. The third-order valence-electron chi connectivity index (χ3n) is 3.69. The van der Waals surface area contributed by atoms with E-state index < -0.39 is 18.2 Å². The number of alkyl halides is 3. The molecule has 2 unspecified atom stereocenters. The number of ether oxygens (including phenoxy) is 1. The number of aliphatic hydroxyl groups excluding tert-OH is 1. The van der Waals surface area contributed by atoms with Crippen molar-refractivity contribution in [2.45, 2.75) is 25.1 Å².